The fourth-order valence-corrected chi connectivity index (χ4v) is 1.78. The van der Waals surface area contributed by atoms with Gasteiger partial charge in [-0.15, -0.1) is 0 Å². The van der Waals surface area contributed by atoms with Gasteiger partial charge in [-0.2, -0.15) is 5.10 Å². The molecule has 1 atom stereocenters. The van der Waals surface area contributed by atoms with E-state index in [1.807, 2.05) is 0 Å². The van der Waals surface area contributed by atoms with E-state index < -0.39 is 12.1 Å². The van der Waals surface area contributed by atoms with Gasteiger partial charge in [0, 0.05) is 0 Å². The predicted molar refractivity (Wildman–Crippen MR) is 65.4 cm³/mol. The van der Waals surface area contributed by atoms with E-state index in [1.54, 1.807) is 0 Å². The summed E-state index contributed by atoms with van der Waals surface area (Å²) in [6.45, 7) is -0.891. The van der Waals surface area contributed by atoms with E-state index in [-0.39, 0.29) is 30.9 Å². The molecule has 0 aliphatic carbocycles. The molecule has 6 N–H and O–H groups in total. The first-order valence-corrected chi connectivity index (χ1v) is 5.71. The molecule has 0 aliphatic heterocycles. The smallest absolute Gasteiger partial charge is 0.276 e. The van der Waals surface area contributed by atoms with E-state index in [1.165, 1.54) is 6.33 Å². The highest BCUT2D eigenvalue weighted by Crippen LogP contribution is 2.17. The molecule has 2 rings (SSSR count). The molecule has 0 aromatic carbocycles. The molecular weight excluding hydrogens is 254 g/mol. The number of fused-ring (bicyclic) bond motifs is 1. The van der Waals surface area contributed by atoms with Crippen molar-refractivity contribution < 1.29 is 15.3 Å². The molecule has 0 saturated carbocycles. The Morgan fingerprint density at radius 2 is 2.00 bits per heavy atom. The Balaban J connectivity index is 2.36. The van der Waals surface area contributed by atoms with Gasteiger partial charge in [0.2, 0.25) is 0 Å². The minimum atomic E-state index is -0.646. The minimum Gasteiger partial charge on any atom is -0.395 e. The van der Waals surface area contributed by atoms with Crippen molar-refractivity contribution in [3.05, 3.63) is 22.4 Å². The van der Waals surface area contributed by atoms with Crippen LogP contribution in [0.25, 0.3) is 11.0 Å². The second kappa shape index (κ2) is 5.89. The average Bonchev–Trinajstić information content (AvgIpc) is 2.86. The van der Waals surface area contributed by atoms with Crippen LogP contribution >= 0.6 is 0 Å². The lowest BCUT2D eigenvalue weighted by atomic mass is 10.1. The number of rotatable bonds is 6. The quantitative estimate of drug-likeness (QED) is 0.343. The van der Waals surface area contributed by atoms with Crippen LogP contribution in [-0.2, 0) is 0 Å². The largest absolute Gasteiger partial charge is 0.395 e. The topological polar surface area (TPSA) is 147 Å². The monoisotopic (exact) mass is 269 g/mol. The molecule has 0 aliphatic rings. The third-order valence-corrected chi connectivity index (χ3v) is 2.77. The molecule has 9 heteroatoms. The Bertz CT molecular complexity index is 591. The number of aliphatic hydroxyl groups excluding tert-OH is 3. The summed E-state index contributed by atoms with van der Waals surface area (Å²) in [5, 5.41) is 36.8. The van der Waals surface area contributed by atoms with Crippen LogP contribution in [-0.4, -0.2) is 61.3 Å². The van der Waals surface area contributed by atoms with Crippen molar-refractivity contribution in [2.24, 2.45) is 0 Å². The van der Waals surface area contributed by atoms with Gasteiger partial charge in [-0.25, -0.2) is 4.98 Å². The molecule has 0 radical (unpaired) electrons. The molecule has 0 fully saturated rings. The van der Waals surface area contributed by atoms with Gasteiger partial charge in [-0.05, 0) is 0 Å². The molecule has 0 saturated heterocycles. The number of hydrogen-bond acceptors (Lipinski definition) is 7. The van der Waals surface area contributed by atoms with Crippen LogP contribution in [0.1, 0.15) is 11.7 Å². The molecular formula is C10H15N5O4. The first kappa shape index (κ1) is 13.6. The number of H-pyrrole nitrogens is 2. The van der Waals surface area contributed by atoms with Gasteiger partial charge < -0.3 is 20.3 Å². The second-order valence-electron chi connectivity index (χ2n) is 4.03. The van der Waals surface area contributed by atoms with Gasteiger partial charge in [-0.1, -0.05) is 0 Å². The summed E-state index contributed by atoms with van der Waals surface area (Å²) >= 11 is 0. The van der Waals surface area contributed by atoms with Gasteiger partial charge in [0.1, 0.15) is 16.7 Å². The lowest BCUT2D eigenvalue weighted by Crippen LogP contribution is -2.40. The van der Waals surface area contributed by atoms with Gasteiger partial charge in [-0.3, -0.25) is 15.2 Å². The summed E-state index contributed by atoms with van der Waals surface area (Å²) < 4.78 is 0. The first-order chi connectivity index (χ1) is 9.21. The van der Waals surface area contributed by atoms with Crippen LogP contribution < -0.4 is 10.9 Å². The van der Waals surface area contributed by atoms with Gasteiger partial charge >= 0.3 is 0 Å². The molecule has 2 heterocycles. The molecule has 0 amide bonds. The van der Waals surface area contributed by atoms with Crippen molar-refractivity contribution >= 4 is 11.0 Å². The minimum absolute atomic E-state index is 0.210. The molecule has 2 aromatic heterocycles. The average molecular weight is 269 g/mol. The van der Waals surface area contributed by atoms with Gasteiger partial charge in [0.15, 0.2) is 0 Å². The normalized spacial score (nSPS) is 13.3. The zero-order valence-corrected chi connectivity index (χ0v) is 10.00. The summed E-state index contributed by atoms with van der Waals surface area (Å²) in [5.74, 6) is 0. The van der Waals surface area contributed by atoms with Crippen molar-refractivity contribution in [1.82, 2.24) is 25.5 Å². The van der Waals surface area contributed by atoms with Crippen LogP contribution in [0.3, 0.4) is 0 Å². The van der Waals surface area contributed by atoms with Crippen LogP contribution in [0.4, 0.5) is 0 Å². The molecule has 0 unspecified atom stereocenters. The Morgan fingerprint density at radius 1 is 1.26 bits per heavy atom. The number of aromatic nitrogens is 4. The number of nitrogens with zero attached hydrogens (tertiary/aromatic N) is 2. The third-order valence-electron chi connectivity index (χ3n) is 2.77. The fourth-order valence-electron chi connectivity index (χ4n) is 1.78. The maximum Gasteiger partial charge on any atom is 0.276 e. The Hall–Kier alpha value is -1.81. The van der Waals surface area contributed by atoms with E-state index in [2.05, 4.69) is 25.5 Å². The van der Waals surface area contributed by atoms with Crippen molar-refractivity contribution in [2.45, 2.75) is 12.1 Å². The van der Waals surface area contributed by atoms with Gasteiger partial charge in [0.05, 0.1) is 38.2 Å². The number of hydrogen-bond donors (Lipinski definition) is 6. The van der Waals surface area contributed by atoms with Crippen molar-refractivity contribution in [1.29, 1.82) is 0 Å². The van der Waals surface area contributed by atoms with Crippen LogP contribution in [0.2, 0.25) is 0 Å². The standard InChI is InChI=1S/C10H15N5O4/c16-1-5(2-17)13-6(3-18)7-8-9(15-14-7)10(19)12-4-11-8/h4-6,13,16-18H,1-3H2,(H,14,15)(H,11,12,19)/t6-/m1/s1. The number of aliphatic hydroxyl groups is 3. The highest BCUT2D eigenvalue weighted by atomic mass is 16.3. The van der Waals surface area contributed by atoms with E-state index in [0.717, 1.165) is 0 Å². The zero-order valence-electron chi connectivity index (χ0n) is 10.00. The van der Waals surface area contributed by atoms with Crippen molar-refractivity contribution in [3.8, 4) is 0 Å². The van der Waals surface area contributed by atoms with Crippen molar-refractivity contribution in [2.75, 3.05) is 19.8 Å². The molecule has 9 nitrogen and oxygen atoms in total. The van der Waals surface area contributed by atoms with E-state index in [4.69, 9.17) is 10.2 Å². The molecule has 19 heavy (non-hydrogen) atoms. The second-order valence-corrected chi connectivity index (χ2v) is 4.03. The van der Waals surface area contributed by atoms with Crippen LogP contribution in [0, 0.1) is 0 Å². The molecule has 0 spiro atoms. The molecule has 104 valence electrons. The van der Waals surface area contributed by atoms with E-state index in [9.17, 15) is 9.90 Å². The van der Waals surface area contributed by atoms with E-state index >= 15 is 0 Å². The number of nitrogens with one attached hydrogen (secondary N) is 3. The van der Waals surface area contributed by atoms with Crippen LogP contribution in [0.5, 0.6) is 0 Å². The Morgan fingerprint density at radius 3 is 2.63 bits per heavy atom. The molecule has 2 aromatic rings. The summed E-state index contributed by atoms with van der Waals surface area (Å²) in [6.07, 6.45) is 1.24. The summed E-state index contributed by atoms with van der Waals surface area (Å²) in [6, 6.07) is -1.24. The van der Waals surface area contributed by atoms with Gasteiger partial charge in [0.25, 0.3) is 5.56 Å². The predicted octanol–water partition coefficient (Wildman–Crippen LogP) is -2.38. The lowest BCUT2D eigenvalue weighted by molar-refractivity contribution is 0.144. The Kier molecular flexibility index (Phi) is 4.22. The summed E-state index contributed by atoms with van der Waals surface area (Å²) in [4.78, 5) is 17.9. The Labute approximate surface area is 107 Å². The number of aromatic amines is 2. The van der Waals surface area contributed by atoms with E-state index in [0.29, 0.717) is 11.2 Å². The van der Waals surface area contributed by atoms with Crippen LogP contribution in [0.15, 0.2) is 11.1 Å². The van der Waals surface area contributed by atoms with Crippen molar-refractivity contribution in [3.63, 3.8) is 0 Å². The maximum atomic E-state index is 11.5. The highest BCUT2D eigenvalue weighted by molar-refractivity contribution is 5.75. The summed E-state index contributed by atoms with van der Waals surface area (Å²) in [7, 11) is 0. The third kappa shape index (κ3) is 2.63. The first-order valence-electron chi connectivity index (χ1n) is 5.71. The SMILES string of the molecule is O=c1[nH]cnc2c([C@@H](CO)NC(CO)CO)n[nH]c12. The molecule has 0 bridgehead atoms. The summed E-state index contributed by atoms with van der Waals surface area (Å²) in [5.41, 5.74) is 0.545. The maximum absolute atomic E-state index is 11.5. The zero-order chi connectivity index (χ0) is 13.8. The lowest BCUT2D eigenvalue weighted by Gasteiger charge is -2.20. The highest BCUT2D eigenvalue weighted by Gasteiger charge is 2.21. The fraction of sp³-hybridized carbons (Fsp3) is 0.500.